The van der Waals surface area contributed by atoms with Crippen molar-refractivity contribution in [3.05, 3.63) is 53.6 Å². The predicted octanol–water partition coefficient (Wildman–Crippen LogP) is 4.54. The molecule has 31 heavy (non-hydrogen) atoms. The van der Waals surface area contributed by atoms with Gasteiger partial charge in [-0.25, -0.2) is 8.42 Å². The molecule has 0 saturated heterocycles. The molecular weight excluding hydrogens is 429 g/mol. The molecule has 0 fully saturated rings. The van der Waals surface area contributed by atoms with Gasteiger partial charge >= 0.3 is 0 Å². The lowest BCUT2D eigenvalue weighted by Gasteiger charge is -2.39. The van der Waals surface area contributed by atoms with Gasteiger partial charge in [-0.05, 0) is 54.3 Å². The molecule has 3 rings (SSSR count). The lowest BCUT2D eigenvalue weighted by Crippen LogP contribution is -2.42. The van der Waals surface area contributed by atoms with E-state index in [1.165, 1.54) is 0 Å². The molecule has 0 unspecified atom stereocenters. The van der Waals surface area contributed by atoms with Crippen LogP contribution in [-0.2, 0) is 14.4 Å². The highest BCUT2D eigenvalue weighted by Crippen LogP contribution is 2.49. The van der Waals surface area contributed by atoms with Crippen LogP contribution in [0.1, 0.15) is 56.6 Å². The van der Waals surface area contributed by atoms with E-state index in [9.17, 15) is 18.1 Å². The maximum absolute atomic E-state index is 13.6. The standard InChI is InChI=1S/C24H32NO4PS/c1-5-7-13-24(6-2)16-31(28,29)21-12-11-18(25(3)4)15-20(21)22(23(24)26)17-9-8-10-19(14-17)30-27/h8-12,14-15,22-23,26H,5-7,13,16H2,1-4H3/t22-,23-,24-/m1/s1. The van der Waals surface area contributed by atoms with Crippen LogP contribution in [0.5, 0.6) is 0 Å². The Morgan fingerprint density at radius 2 is 1.90 bits per heavy atom. The van der Waals surface area contributed by atoms with E-state index in [-0.39, 0.29) is 14.2 Å². The number of rotatable bonds is 7. The van der Waals surface area contributed by atoms with Crippen LogP contribution < -0.4 is 10.2 Å². The van der Waals surface area contributed by atoms with Gasteiger partial charge in [-0.2, -0.15) is 0 Å². The fraction of sp³-hybridized carbons (Fsp3) is 0.500. The van der Waals surface area contributed by atoms with Crippen LogP contribution in [0, 0.1) is 5.41 Å². The summed E-state index contributed by atoms with van der Waals surface area (Å²) in [6.45, 7) is 4.05. The van der Waals surface area contributed by atoms with Crippen LogP contribution in [0.4, 0.5) is 5.69 Å². The van der Waals surface area contributed by atoms with Crippen molar-refractivity contribution in [2.45, 2.75) is 56.4 Å². The minimum Gasteiger partial charge on any atom is -0.392 e. The Balaban J connectivity index is 2.34. The van der Waals surface area contributed by atoms with Crippen molar-refractivity contribution in [2.24, 2.45) is 5.41 Å². The van der Waals surface area contributed by atoms with Gasteiger partial charge in [0.15, 0.2) is 18.3 Å². The first-order valence-corrected chi connectivity index (χ1v) is 13.3. The first kappa shape index (κ1) is 23.9. The smallest absolute Gasteiger partial charge is 0.192 e. The third-order valence-corrected chi connectivity index (χ3v) is 9.15. The van der Waals surface area contributed by atoms with Crippen molar-refractivity contribution in [1.82, 2.24) is 0 Å². The molecule has 0 amide bonds. The highest BCUT2D eigenvalue weighted by molar-refractivity contribution is 7.91. The fourth-order valence-corrected chi connectivity index (χ4v) is 7.38. The average molecular weight is 462 g/mol. The second-order valence-electron chi connectivity index (χ2n) is 8.80. The van der Waals surface area contributed by atoms with Crippen molar-refractivity contribution < 1.29 is 18.1 Å². The van der Waals surface area contributed by atoms with Gasteiger partial charge in [-0.3, -0.25) is 4.57 Å². The first-order chi connectivity index (χ1) is 14.7. The molecule has 2 aromatic rings. The molecule has 1 N–H and O–H groups in total. The van der Waals surface area contributed by atoms with Gasteiger partial charge in [0, 0.05) is 36.4 Å². The van der Waals surface area contributed by atoms with Crippen LogP contribution in [0.15, 0.2) is 47.4 Å². The number of hydrogen-bond donors (Lipinski definition) is 1. The summed E-state index contributed by atoms with van der Waals surface area (Å²) in [5, 5.41) is 12.5. The van der Waals surface area contributed by atoms with Crippen LogP contribution in [0.2, 0.25) is 0 Å². The van der Waals surface area contributed by atoms with Crippen LogP contribution in [0.3, 0.4) is 0 Å². The van der Waals surface area contributed by atoms with E-state index < -0.39 is 27.3 Å². The molecule has 0 spiro atoms. The van der Waals surface area contributed by atoms with Crippen LogP contribution in [0.25, 0.3) is 0 Å². The molecule has 0 saturated carbocycles. The Bertz CT molecular complexity index is 1050. The van der Waals surface area contributed by atoms with Gasteiger partial charge < -0.3 is 10.0 Å². The summed E-state index contributed by atoms with van der Waals surface area (Å²) < 4.78 is 38.7. The first-order valence-electron chi connectivity index (χ1n) is 10.8. The molecule has 7 heteroatoms. The molecule has 0 radical (unpaired) electrons. The van der Waals surface area contributed by atoms with E-state index in [0.29, 0.717) is 28.6 Å². The normalized spacial score (nSPS) is 25.1. The number of aliphatic hydroxyl groups excluding tert-OH is 1. The number of nitrogens with zero attached hydrogens (tertiary/aromatic N) is 1. The molecule has 0 bridgehead atoms. The zero-order valence-electron chi connectivity index (χ0n) is 18.7. The summed E-state index contributed by atoms with van der Waals surface area (Å²) >= 11 is 0. The summed E-state index contributed by atoms with van der Waals surface area (Å²) in [5.41, 5.74) is 1.53. The average Bonchev–Trinajstić information content (AvgIpc) is 2.83. The topological polar surface area (TPSA) is 74.7 Å². The molecule has 0 aromatic heterocycles. The molecule has 2 aromatic carbocycles. The lowest BCUT2D eigenvalue weighted by molar-refractivity contribution is 0.0174. The highest BCUT2D eigenvalue weighted by atomic mass is 32.2. The number of benzene rings is 2. The number of unbranched alkanes of at least 4 members (excludes halogenated alkanes) is 1. The zero-order chi connectivity index (χ0) is 22.8. The van der Waals surface area contributed by atoms with Crippen molar-refractivity contribution in [3.8, 4) is 0 Å². The maximum atomic E-state index is 13.6. The fourth-order valence-electron chi connectivity index (χ4n) is 4.78. The third-order valence-electron chi connectivity index (χ3n) is 6.67. The second kappa shape index (κ2) is 9.40. The Labute approximate surface area is 187 Å². The number of anilines is 1. The highest BCUT2D eigenvalue weighted by Gasteiger charge is 2.49. The van der Waals surface area contributed by atoms with E-state index in [1.807, 2.05) is 56.3 Å². The van der Waals surface area contributed by atoms with E-state index >= 15 is 0 Å². The Kier molecular flexibility index (Phi) is 7.25. The molecule has 1 aliphatic rings. The van der Waals surface area contributed by atoms with Crippen molar-refractivity contribution in [1.29, 1.82) is 0 Å². The lowest BCUT2D eigenvalue weighted by atomic mass is 9.69. The second-order valence-corrected chi connectivity index (χ2v) is 11.5. The van der Waals surface area contributed by atoms with Gasteiger partial charge in [0.2, 0.25) is 0 Å². The van der Waals surface area contributed by atoms with Gasteiger partial charge in [-0.1, -0.05) is 38.8 Å². The number of sulfone groups is 1. The Hall–Kier alpha value is -1.75. The van der Waals surface area contributed by atoms with E-state index in [2.05, 4.69) is 6.92 Å². The molecule has 0 aliphatic carbocycles. The summed E-state index contributed by atoms with van der Waals surface area (Å²) in [6.07, 6.45) is 2.12. The molecule has 168 valence electrons. The summed E-state index contributed by atoms with van der Waals surface area (Å²) in [6, 6.07) is 12.7. The SMILES string of the molecule is CCCC[C@]1(CC)CS(=O)(=O)c2ccc(N(C)C)cc2[C@@H](c2cccc(P=O)c2)[C@H]1O. The van der Waals surface area contributed by atoms with Crippen LogP contribution >= 0.6 is 8.46 Å². The monoisotopic (exact) mass is 461 g/mol. The Morgan fingerprint density at radius 1 is 1.16 bits per heavy atom. The minimum absolute atomic E-state index is 0.0675. The zero-order valence-corrected chi connectivity index (χ0v) is 20.4. The van der Waals surface area contributed by atoms with E-state index in [1.54, 1.807) is 12.1 Å². The van der Waals surface area contributed by atoms with Crippen molar-refractivity contribution in [3.63, 3.8) is 0 Å². The number of fused-ring (bicyclic) bond motifs is 1. The van der Waals surface area contributed by atoms with Gasteiger partial charge in [0.1, 0.15) is 0 Å². The third kappa shape index (κ3) is 4.57. The van der Waals surface area contributed by atoms with Gasteiger partial charge in [0.25, 0.3) is 0 Å². The Morgan fingerprint density at radius 3 is 2.52 bits per heavy atom. The summed E-state index contributed by atoms with van der Waals surface area (Å²) in [7, 11) is 0.116. The summed E-state index contributed by atoms with van der Waals surface area (Å²) in [4.78, 5) is 2.22. The van der Waals surface area contributed by atoms with E-state index in [0.717, 1.165) is 24.1 Å². The van der Waals surface area contributed by atoms with Gasteiger partial charge in [-0.15, -0.1) is 0 Å². The largest absolute Gasteiger partial charge is 0.392 e. The van der Waals surface area contributed by atoms with Crippen molar-refractivity contribution in [2.75, 3.05) is 24.7 Å². The molecule has 5 nitrogen and oxygen atoms in total. The molecule has 1 heterocycles. The quantitative estimate of drug-likeness (QED) is 0.613. The number of aliphatic hydroxyl groups is 1. The molecular formula is C24H32NO4PS. The van der Waals surface area contributed by atoms with E-state index in [4.69, 9.17) is 0 Å². The summed E-state index contributed by atoms with van der Waals surface area (Å²) in [5.74, 6) is -0.590. The van der Waals surface area contributed by atoms with Crippen LogP contribution in [-0.4, -0.2) is 39.5 Å². The molecule has 1 aliphatic heterocycles. The minimum atomic E-state index is -3.60. The number of hydrogen-bond acceptors (Lipinski definition) is 5. The predicted molar refractivity (Wildman–Crippen MR) is 127 cm³/mol. The van der Waals surface area contributed by atoms with Gasteiger partial charge in [0.05, 0.1) is 16.8 Å². The maximum Gasteiger partial charge on any atom is 0.192 e. The van der Waals surface area contributed by atoms with Crippen molar-refractivity contribution >= 4 is 29.3 Å². The molecule has 3 atom stereocenters.